The molecule has 0 spiro atoms. The second-order valence-corrected chi connectivity index (χ2v) is 5.88. The quantitative estimate of drug-likeness (QED) is 0.630. The number of Topliss-reactive ketones (excluding diaryl/α,β-unsaturated/α-hetero) is 1. The van der Waals surface area contributed by atoms with Gasteiger partial charge in [-0.2, -0.15) is 0 Å². The van der Waals surface area contributed by atoms with Crippen molar-refractivity contribution >= 4 is 5.78 Å². The molecule has 1 nitrogen and oxygen atoms in total. The molecule has 0 aromatic carbocycles. The standard InChI is InChI=1S/C14H24O/c1-14(2,3)10-9-13(15)11-12-7-5-4-6-8-12/h7H,4-6,8-11H2,1-3H3. The minimum atomic E-state index is 0.288. The predicted octanol–water partition coefficient (Wildman–Crippen LogP) is 4.27. The van der Waals surface area contributed by atoms with Gasteiger partial charge in [-0.25, -0.2) is 0 Å². The molecule has 0 saturated heterocycles. The van der Waals surface area contributed by atoms with E-state index in [2.05, 4.69) is 26.8 Å². The van der Waals surface area contributed by atoms with Gasteiger partial charge in [-0.05, 0) is 37.5 Å². The van der Waals surface area contributed by atoms with Gasteiger partial charge in [0, 0.05) is 12.8 Å². The molecule has 1 heteroatoms. The summed E-state index contributed by atoms with van der Waals surface area (Å²) in [6.45, 7) is 6.58. The lowest BCUT2D eigenvalue weighted by atomic mass is 9.87. The van der Waals surface area contributed by atoms with Crippen LogP contribution in [-0.4, -0.2) is 5.78 Å². The van der Waals surface area contributed by atoms with E-state index in [1.807, 2.05) is 0 Å². The molecule has 0 fully saturated rings. The van der Waals surface area contributed by atoms with Gasteiger partial charge in [0.1, 0.15) is 5.78 Å². The third-order valence-electron chi connectivity index (χ3n) is 2.96. The molecule has 0 atom stereocenters. The molecule has 0 aliphatic heterocycles. The minimum Gasteiger partial charge on any atom is -0.299 e. The van der Waals surface area contributed by atoms with Crippen molar-refractivity contribution in [3.63, 3.8) is 0 Å². The van der Waals surface area contributed by atoms with Crippen LogP contribution in [0.5, 0.6) is 0 Å². The van der Waals surface area contributed by atoms with Crippen molar-refractivity contribution in [1.29, 1.82) is 0 Å². The molecule has 0 radical (unpaired) electrons. The van der Waals surface area contributed by atoms with Gasteiger partial charge < -0.3 is 0 Å². The first kappa shape index (κ1) is 12.5. The van der Waals surface area contributed by atoms with Crippen LogP contribution < -0.4 is 0 Å². The van der Waals surface area contributed by atoms with Crippen molar-refractivity contribution in [2.24, 2.45) is 5.41 Å². The molecule has 1 aliphatic rings. The van der Waals surface area contributed by atoms with E-state index in [9.17, 15) is 4.79 Å². The maximum Gasteiger partial charge on any atom is 0.136 e. The average Bonchev–Trinajstić information content (AvgIpc) is 2.15. The van der Waals surface area contributed by atoms with Crippen LogP contribution in [0.4, 0.5) is 0 Å². The zero-order chi connectivity index (χ0) is 11.3. The first-order valence-corrected chi connectivity index (χ1v) is 6.17. The second-order valence-electron chi connectivity index (χ2n) is 5.88. The van der Waals surface area contributed by atoms with Crippen LogP contribution in [0.3, 0.4) is 0 Å². The molecular weight excluding hydrogens is 184 g/mol. The lowest BCUT2D eigenvalue weighted by molar-refractivity contribution is -0.119. The molecule has 0 aromatic rings. The van der Waals surface area contributed by atoms with E-state index in [4.69, 9.17) is 0 Å². The van der Waals surface area contributed by atoms with Crippen LogP contribution >= 0.6 is 0 Å². The smallest absolute Gasteiger partial charge is 0.136 e. The average molecular weight is 208 g/mol. The zero-order valence-electron chi connectivity index (χ0n) is 10.4. The Hall–Kier alpha value is -0.590. The van der Waals surface area contributed by atoms with Crippen molar-refractivity contribution in [3.05, 3.63) is 11.6 Å². The number of carbonyl (C=O) groups excluding carboxylic acids is 1. The van der Waals surface area contributed by atoms with Gasteiger partial charge in [-0.1, -0.05) is 32.4 Å². The van der Waals surface area contributed by atoms with Gasteiger partial charge in [0.25, 0.3) is 0 Å². The molecule has 15 heavy (non-hydrogen) atoms. The number of ketones is 1. The fourth-order valence-electron chi connectivity index (χ4n) is 1.92. The molecule has 86 valence electrons. The second kappa shape index (κ2) is 5.48. The highest BCUT2D eigenvalue weighted by molar-refractivity contribution is 5.80. The molecule has 1 rings (SSSR count). The van der Waals surface area contributed by atoms with Crippen LogP contribution in [0.25, 0.3) is 0 Å². The van der Waals surface area contributed by atoms with E-state index in [1.54, 1.807) is 0 Å². The number of hydrogen-bond acceptors (Lipinski definition) is 1. The van der Waals surface area contributed by atoms with E-state index >= 15 is 0 Å². The van der Waals surface area contributed by atoms with Crippen molar-refractivity contribution in [2.45, 2.75) is 65.7 Å². The van der Waals surface area contributed by atoms with E-state index in [1.165, 1.54) is 24.8 Å². The molecule has 0 aromatic heterocycles. The molecule has 0 saturated carbocycles. The fourth-order valence-corrected chi connectivity index (χ4v) is 1.92. The first-order valence-electron chi connectivity index (χ1n) is 6.17. The number of allylic oxidation sites excluding steroid dienone is 2. The summed E-state index contributed by atoms with van der Waals surface area (Å²) in [5, 5.41) is 0. The van der Waals surface area contributed by atoms with Crippen LogP contribution in [0.1, 0.15) is 65.7 Å². The highest BCUT2D eigenvalue weighted by atomic mass is 16.1. The van der Waals surface area contributed by atoms with E-state index in [-0.39, 0.29) is 5.41 Å². The van der Waals surface area contributed by atoms with E-state index in [0.717, 1.165) is 25.7 Å². The third-order valence-corrected chi connectivity index (χ3v) is 2.96. The summed E-state index contributed by atoms with van der Waals surface area (Å²) in [6.07, 6.45) is 9.68. The fraction of sp³-hybridized carbons (Fsp3) is 0.786. The normalized spacial score (nSPS) is 17.4. The highest BCUT2D eigenvalue weighted by Gasteiger charge is 2.14. The molecule has 0 bridgehead atoms. The van der Waals surface area contributed by atoms with Gasteiger partial charge in [-0.3, -0.25) is 4.79 Å². The topological polar surface area (TPSA) is 17.1 Å². The van der Waals surface area contributed by atoms with Crippen LogP contribution in [-0.2, 0) is 4.79 Å². The zero-order valence-corrected chi connectivity index (χ0v) is 10.4. The Bertz CT molecular complexity index is 243. The minimum absolute atomic E-state index is 0.288. The summed E-state index contributed by atoms with van der Waals surface area (Å²) in [5.74, 6) is 0.429. The van der Waals surface area contributed by atoms with Gasteiger partial charge in [0.2, 0.25) is 0 Å². The van der Waals surface area contributed by atoms with Gasteiger partial charge in [0.15, 0.2) is 0 Å². The van der Waals surface area contributed by atoms with E-state index in [0.29, 0.717) is 5.78 Å². The summed E-state index contributed by atoms with van der Waals surface area (Å²) in [7, 11) is 0. The number of hydrogen-bond donors (Lipinski definition) is 0. The van der Waals surface area contributed by atoms with Crippen molar-refractivity contribution < 1.29 is 4.79 Å². The Kier molecular flexibility index (Phi) is 4.56. The lowest BCUT2D eigenvalue weighted by Crippen LogP contribution is -2.09. The van der Waals surface area contributed by atoms with Crippen LogP contribution in [0.2, 0.25) is 0 Å². The summed E-state index contributed by atoms with van der Waals surface area (Å²) in [5.41, 5.74) is 1.68. The third kappa shape index (κ3) is 5.76. The van der Waals surface area contributed by atoms with Crippen LogP contribution in [0, 0.1) is 5.41 Å². The molecule has 0 unspecified atom stereocenters. The summed E-state index contributed by atoms with van der Waals surface area (Å²) in [6, 6.07) is 0. The Morgan fingerprint density at radius 3 is 2.60 bits per heavy atom. The Morgan fingerprint density at radius 1 is 1.33 bits per heavy atom. The summed E-state index contributed by atoms with van der Waals surface area (Å²) in [4.78, 5) is 11.7. The van der Waals surface area contributed by atoms with Gasteiger partial charge in [0.05, 0.1) is 0 Å². The number of carbonyl (C=O) groups is 1. The maximum atomic E-state index is 11.7. The Labute approximate surface area is 93.9 Å². The molecule has 0 heterocycles. The summed E-state index contributed by atoms with van der Waals surface area (Å²) < 4.78 is 0. The van der Waals surface area contributed by atoms with Gasteiger partial charge >= 0.3 is 0 Å². The SMILES string of the molecule is CC(C)(C)CCC(=O)CC1=CCCCC1. The van der Waals surface area contributed by atoms with Crippen molar-refractivity contribution in [3.8, 4) is 0 Å². The largest absolute Gasteiger partial charge is 0.299 e. The van der Waals surface area contributed by atoms with Crippen molar-refractivity contribution in [1.82, 2.24) is 0 Å². The Balaban J connectivity index is 2.26. The molecular formula is C14H24O. The van der Waals surface area contributed by atoms with Gasteiger partial charge in [-0.15, -0.1) is 0 Å². The first-order chi connectivity index (χ1) is 6.97. The van der Waals surface area contributed by atoms with Crippen molar-refractivity contribution in [2.75, 3.05) is 0 Å². The lowest BCUT2D eigenvalue weighted by Gasteiger charge is -2.18. The summed E-state index contributed by atoms with van der Waals surface area (Å²) >= 11 is 0. The molecule has 1 aliphatic carbocycles. The monoisotopic (exact) mass is 208 g/mol. The van der Waals surface area contributed by atoms with E-state index < -0.39 is 0 Å². The predicted molar refractivity (Wildman–Crippen MR) is 64.9 cm³/mol. The maximum absolute atomic E-state index is 11.7. The Morgan fingerprint density at radius 2 is 2.07 bits per heavy atom. The molecule has 0 amide bonds. The number of rotatable bonds is 4. The highest BCUT2D eigenvalue weighted by Crippen LogP contribution is 2.24. The van der Waals surface area contributed by atoms with Crippen LogP contribution in [0.15, 0.2) is 11.6 Å². The molecule has 0 N–H and O–H groups in total.